The molecule has 2 aliphatic rings. The number of aromatic nitrogens is 2. The average molecular weight is 270 g/mol. The predicted octanol–water partition coefficient (Wildman–Crippen LogP) is 2.95. The first-order valence-electron chi connectivity index (χ1n) is 6.13. The Labute approximate surface area is 111 Å². The summed E-state index contributed by atoms with van der Waals surface area (Å²) >= 11 is 8.12. The van der Waals surface area contributed by atoms with E-state index in [-0.39, 0.29) is 0 Å². The van der Waals surface area contributed by atoms with Crippen LogP contribution in [0, 0.1) is 0 Å². The van der Waals surface area contributed by atoms with Crippen molar-refractivity contribution in [2.45, 2.75) is 31.7 Å². The van der Waals surface area contributed by atoms with Crippen molar-refractivity contribution >= 4 is 29.2 Å². The highest BCUT2D eigenvalue weighted by Gasteiger charge is 2.28. The fourth-order valence-corrected chi connectivity index (χ4v) is 3.36. The highest BCUT2D eigenvalue weighted by Crippen LogP contribution is 2.39. The van der Waals surface area contributed by atoms with Gasteiger partial charge in [0.2, 0.25) is 0 Å². The molecule has 1 saturated carbocycles. The van der Waals surface area contributed by atoms with Crippen LogP contribution in [-0.2, 0) is 0 Å². The molecule has 3 rings (SSSR count). The maximum atomic E-state index is 6.11. The number of rotatable bonds is 2. The third kappa shape index (κ3) is 2.52. The molecule has 1 aromatic heterocycles. The molecule has 0 spiro atoms. The summed E-state index contributed by atoms with van der Waals surface area (Å²) in [5.74, 6) is 4.85. The summed E-state index contributed by atoms with van der Waals surface area (Å²) in [6.07, 6.45) is 2.43. The van der Waals surface area contributed by atoms with Gasteiger partial charge in [0.05, 0.1) is 0 Å². The largest absolute Gasteiger partial charge is 0.352 e. The molecule has 1 atom stereocenters. The summed E-state index contributed by atoms with van der Waals surface area (Å²) < 4.78 is 0. The molecular formula is C12H16ClN3S. The molecule has 0 N–H and O–H groups in total. The van der Waals surface area contributed by atoms with Crippen molar-refractivity contribution in [2.24, 2.45) is 0 Å². The summed E-state index contributed by atoms with van der Waals surface area (Å²) in [6.45, 7) is 3.31. The standard InChI is InChI=1S/C12H16ClN3S/c1-8-7-17-5-4-16(8)11-6-10(13)14-12(15-11)9-2-3-9/h6,8-9H,2-5,7H2,1H3. The summed E-state index contributed by atoms with van der Waals surface area (Å²) in [6, 6.07) is 2.44. The van der Waals surface area contributed by atoms with Crippen molar-refractivity contribution < 1.29 is 0 Å². The van der Waals surface area contributed by atoms with Crippen molar-refractivity contribution in [1.29, 1.82) is 0 Å². The van der Waals surface area contributed by atoms with Crippen LogP contribution < -0.4 is 4.90 Å². The predicted molar refractivity (Wildman–Crippen MR) is 73.2 cm³/mol. The van der Waals surface area contributed by atoms with E-state index >= 15 is 0 Å². The van der Waals surface area contributed by atoms with Crippen molar-refractivity contribution in [2.75, 3.05) is 23.0 Å². The van der Waals surface area contributed by atoms with Gasteiger partial charge < -0.3 is 4.90 Å². The third-order valence-corrected chi connectivity index (χ3v) is 4.69. The van der Waals surface area contributed by atoms with Gasteiger partial charge in [0.1, 0.15) is 16.8 Å². The highest BCUT2D eigenvalue weighted by atomic mass is 35.5. The first-order valence-corrected chi connectivity index (χ1v) is 7.66. The number of hydrogen-bond donors (Lipinski definition) is 0. The van der Waals surface area contributed by atoms with E-state index in [2.05, 4.69) is 16.8 Å². The topological polar surface area (TPSA) is 29.0 Å². The Kier molecular flexibility index (Phi) is 3.17. The lowest BCUT2D eigenvalue weighted by molar-refractivity contribution is 0.684. The van der Waals surface area contributed by atoms with Crippen LogP contribution in [0.3, 0.4) is 0 Å². The molecule has 1 aliphatic heterocycles. The molecule has 1 aliphatic carbocycles. The Hall–Kier alpha value is -0.480. The van der Waals surface area contributed by atoms with Crippen molar-refractivity contribution in [1.82, 2.24) is 9.97 Å². The van der Waals surface area contributed by atoms with Gasteiger partial charge >= 0.3 is 0 Å². The molecule has 3 nitrogen and oxygen atoms in total. The lowest BCUT2D eigenvalue weighted by Crippen LogP contribution is -2.41. The van der Waals surface area contributed by atoms with Crippen LogP contribution in [0.2, 0.25) is 5.15 Å². The van der Waals surface area contributed by atoms with E-state index in [1.165, 1.54) is 24.3 Å². The van der Waals surface area contributed by atoms with Crippen LogP contribution in [-0.4, -0.2) is 34.1 Å². The first-order chi connectivity index (χ1) is 8.24. The molecule has 1 aromatic rings. The normalized spacial score (nSPS) is 25.1. The van der Waals surface area contributed by atoms with E-state index in [1.54, 1.807) is 0 Å². The second-order valence-corrected chi connectivity index (χ2v) is 6.34. The average Bonchev–Trinajstić information content (AvgIpc) is 3.12. The van der Waals surface area contributed by atoms with E-state index in [0.29, 0.717) is 17.1 Å². The Bertz CT molecular complexity index is 422. The lowest BCUT2D eigenvalue weighted by atomic mass is 10.3. The zero-order valence-corrected chi connectivity index (χ0v) is 11.5. The molecule has 5 heteroatoms. The summed E-state index contributed by atoms with van der Waals surface area (Å²) in [5, 5.41) is 0.585. The van der Waals surface area contributed by atoms with Crippen LogP contribution >= 0.6 is 23.4 Å². The van der Waals surface area contributed by atoms with Gasteiger partial charge in [-0.1, -0.05) is 11.6 Å². The van der Waals surface area contributed by atoms with E-state index in [4.69, 9.17) is 16.6 Å². The van der Waals surface area contributed by atoms with Crippen molar-refractivity contribution in [3.63, 3.8) is 0 Å². The van der Waals surface area contributed by atoms with Gasteiger partial charge in [0, 0.05) is 36.1 Å². The van der Waals surface area contributed by atoms with Crippen LogP contribution in [0.25, 0.3) is 0 Å². The summed E-state index contributed by atoms with van der Waals surface area (Å²) in [5.41, 5.74) is 0. The zero-order valence-electron chi connectivity index (χ0n) is 9.90. The molecule has 0 amide bonds. The van der Waals surface area contributed by atoms with Gasteiger partial charge in [-0.25, -0.2) is 9.97 Å². The van der Waals surface area contributed by atoms with E-state index in [0.717, 1.165) is 18.2 Å². The van der Waals surface area contributed by atoms with Gasteiger partial charge in [0.25, 0.3) is 0 Å². The Morgan fingerprint density at radius 1 is 1.41 bits per heavy atom. The summed E-state index contributed by atoms with van der Waals surface area (Å²) in [7, 11) is 0. The molecule has 1 unspecified atom stereocenters. The molecule has 17 heavy (non-hydrogen) atoms. The molecule has 1 saturated heterocycles. The zero-order chi connectivity index (χ0) is 11.8. The minimum absolute atomic E-state index is 0.534. The van der Waals surface area contributed by atoms with Gasteiger partial charge in [0.15, 0.2) is 0 Å². The SMILES string of the molecule is CC1CSCCN1c1cc(Cl)nc(C2CC2)n1. The molecular weight excluding hydrogens is 254 g/mol. The van der Waals surface area contributed by atoms with Crippen LogP contribution in [0.5, 0.6) is 0 Å². The van der Waals surface area contributed by atoms with Gasteiger partial charge in [-0.05, 0) is 19.8 Å². The number of nitrogens with zero attached hydrogens (tertiary/aromatic N) is 3. The number of hydrogen-bond acceptors (Lipinski definition) is 4. The fraction of sp³-hybridized carbons (Fsp3) is 0.667. The number of thioether (sulfide) groups is 1. The van der Waals surface area contributed by atoms with Crippen molar-refractivity contribution in [3.05, 3.63) is 17.0 Å². The fourth-order valence-electron chi connectivity index (χ4n) is 2.16. The van der Waals surface area contributed by atoms with Gasteiger partial charge in [-0.15, -0.1) is 0 Å². The highest BCUT2D eigenvalue weighted by molar-refractivity contribution is 7.99. The van der Waals surface area contributed by atoms with E-state index in [9.17, 15) is 0 Å². The molecule has 0 aromatic carbocycles. The van der Waals surface area contributed by atoms with Crippen LogP contribution in [0.4, 0.5) is 5.82 Å². The van der Waals surface area contributed by atoms with Crippen molar-refractivity contribution in [3.8, 4) is 0 Å². The van der Waals surface area contributed by atoms with Crippen LogP contribution in [0.1, 0.15) is 31.5 Å². The second-order valence-electron chi connectivity index (χ2n) is 4.80. The Morgan fingerprint density at radius 2 is 2.24 bits per heavy atom. The summed E-state index contributed by atoms with van der Waals surface area (Å²) in [4.78, 5) is 11.4. The monoisotopic (exact) mass is 269 g/mol. The smallest absolute Gasteiger partial charge is 0.135 e. The number of halogens is 1. The molecule has 2 fully saturated rings. The maximum Gasteiger partial charge on any atom is 0.135 e. The second kappa shape index (κ2) is 4.65. The molecule has 0 bridgehead atoms. The third-order valence-electron chi connectivity index (χ3n) is 3.30. The first kappa shape index (κ1) is 11.6. The Balaban J connectivity index is 1.90. The molecule has 92 valence electrons. The van der Waals surface area contributed by atoms with Crippen LogP contribution in [0.15, 0.2) is 6.07 Å². The molecule has 0 radical (unpaired) electrons. The number of anilines is 1. The molecule has 2 heterocycles. The quantitative estimate of drug-likeness (QED) is 0.772. The Morgan fingerprint density at radius 3 is 2.94 bits per heavy atom. The van der Waals surface area contributed by atoms with E-state index < -0.39 is 0 Å². The maximum absolute atomic E-state index is 6.11. The minimum Gasteiger partial charge on any atom is -0.352 e. The van der Waals surface area contributed by atoms with Gasteiger partial charge in [-0.2, -0.15) is 11.8 Å². The van der Waals surface area contributed by atoms with Gasteiger partial charge in [-0.3, -0.25) is 0 Å². The lowest BCUT2D eigenvalue weighted by Gasteiger charge is -2.34. The van der Waals surface area contributed by atoms with E-state index in [1.807, 2.05) is 17.8 Å². The minimum atomic E-state index is 0.534.